The zero-order valence-corrected chi connectivity index (χ0v) is 16.4. The summed E-state index contributed by atoms with van der Waals surface area (Å²) in [6.07, 6.45) is -4.44. The van der Waals surface area contributed by atoms with Gasteiger partial charge in [-0.2, -0.15) is 23.3 Å². The summed E-state index contributed by atoms with van der Waals surface area (Å²) >= 11 is 0. The van der Waals surface area contributed by atoms with Crippen LogP contribution in [0, 0.1) is 5.92 Å². The largest absolute Gasteiger partial charge is 0.416 e. The van der Waals surface area contributed by atoms with E-state index in [0.717, 1.165) is 12.1 Å². The molecule has 2 aromatic heterocycles. The van der Waals surface area contributed by atoms with Crippen LogP contribution >= 0.6 is 0 Å². The number of H-pyrrole nitrogens is 1. The number of benzene rings is 1. The number of hydrogen-bond acceptors (Lipinski definition) is 4. The first-order chi connectivity index (χ1) is 13.5. The molecular weight excluding hydrogens is 390 g/mol. The number of rotatable bonds is 5. The Hall–Kier alpha value is -2.91. The second-order valence-corrected chi connectivity index (χ2v) is 7.32. The lowest BCUT2D eigenvalue weighted by Gasteiger charge is -2.23. The summed E-state index contributed by atoms with van der Waals surface area (Å²) in [5, 5.41) is 4.29. The van der Waals surface area contributed by atoms with Crippen LogP contribution in [0.5, 0.6) is 0 Å². The van der Waals surface area contributed by atoms with Crippen molar-refractivity contribution in [3.8, 4) is 0 Å². The Kier molecular flexibility index (Phi) is 5.38. The van der Waals surface area contributed by atoms with Crippen molar-refractivity contribution in [2.75, 3.05) is 19.0 Å². The van der Waals surface area contributed by atoms with Gasteiger partial charge in [-0.25, -0.2) is 9.07 Å². The quantitative estimate of drug-likeness (QED) is 0.647. The van der Waals surface area contributed by atoms with Gasteiger partial charge in [-0.3, -0.25) is 9.78 Å². The van der Waals surface area contributed by atoms with Crippen LogP contribution in [0.25, 0.3) is 11.0 Å². The SMILES string of the molecule is CC(C)[C@H](c1ccc(C(F)(F)F)cc1)n1nc(CF)c2c(=O)[nH]c(N(C)C)nc21. The molecular formula is C19H21F4N5O. The third-order valence-electron chi connectivity index (χ3n) is 4.65. The van der Waals surface area contributed by atoms with Crippen molar-refractivity contribution in [2.24, 2.45) is 5.92 Å². The van der Waals surface area contributed by atoms with Crippen molar-refractivity contribution in [3.05, 3.63) is 51.4 Å². The molecule has 0 radical (unpaired) electrons. The van der Waals surface area contributed by atoms with Gasteiger partial charge in [0.2, 0.25) is 5.95 Å². The molecule has 0 saturated carbocycles. The van der Waals surface area contributed by atoms with Gasteiger partial charge in [0.25, 0.3) is 5.56 Å². The monoisotopic (exact) mass is 411 g/mol. The predicted octanol–water partition coefficient (Wildman–Crippen LogP) is 3.92. The van der Waals surface area contributed by atoms with Crippen molar-refractivity contribution in [2.45, 2.75) is 32.7 Å². The number of alkyl halides is 4. The molecule has 10 heteroatoms. The first-order valence-electron chi connectivity index (χ1n) is 8.96. The average Bonchev–Trinajstić information content (AvgIpc) is 3.00. The number of halogens is 4. The molecule has 1 aromatic carbocycles. The van der Waals surface area contributed by atoms with Gasteiger partial charge in [-0.15, -0.1) is 0 Å². The zero-order valence-electron chi connectivity index (χ0n) is 16.4. The number of aromatic nitrogens is 4. The molecule has 2 heterocycles. The lowest BCUT2D eigenvalue weighted by molar-refractivity contribution is -0.137. The van der Waals surface area contributed by atoms with Crippen LogP contribution in [-0.2, 0) is 12.9 Å². The van der Waals surface area contributed by atoms with E-state index in [2.05, 4.69) is 15.1 Å². The van der Waals surface area contributed by atoms with Crippen molar-refractivity contribution in [3.63, 3.8) is 0 Å². The number of fused-ring (bicyclic) bond motifs is 1. The van der Waals surface area contributed by atoms with Crippen LogP contribution in [0.15, 0.2) is 29.1 Å². The van der Waals surface area contributed by atoms with Crippen LogP contribution < -0.4 is 10.5 Å². The summed E-state index contributed by atoms with van der Waals surface area (Å²) in [6, 6.07) is 4.20. The third-order valence-corrected chi connectivity index (χ3v) is 4.65. The highest BCUT2D eigenvalue weighted by molar-refractivity contribution is 5.78. The molecule has 0 aliphatic heterocycles. The second kappa shape index (κ2) is 7.49. The van der Waals surface area contributed by atoms with Gasteiger partial charge in [0.05, 0.1) is 11.6 Å². The lowest BCUT2D eigenvalue weighted by atomic mass is 9.95. The van der Waals surface area contributed by atoms with Gasteiger partial charge in [0.15, 0.2) is 5.65 Å². The van der Waals surface area contributed by atoms with Crippen LogP contribution in [0.1, 0.15) is 36.7 Å². The predicted molar refractivity (Wildman–Crippen MR) is 102 cm³/mol. The fraction of sp³-hybridized carbons (Fsp3) is 0.421. The van der Waals surface area contributed by atoms with Crippen molar-refractivity contribution >= 4 is 17.0 Å². The molecule has 0 aliphatic rings. The van der Waals surface area contributed by atoms with Crippen LogP contribution in [0.2, 0.25) is 0 Å². The highest BCUT2D eigenvalue weighted by Gasteiger charge is 2.31. The van der Waals surface area contributed by atoms with E-state index < -0.39 is 30.0 Å². The van der Waals surface area contributed by atoms with E-state index in [1.54, 1.807) is 19.0 Å². The van der Waals surface area contributed by atoms with Crippen LogP contribution in [0.3, 0.4) is 0 Å². The Balaban J connectivity index is 2.23. The van der Waals surface area contributed by atoms with E-state index in [1.165, 1.54) is 16.8 Å². The standard InChI is InChI=1S/C19H21F4N5O/c1-10(2)15(11-5-7-12(8-6-11)19(21,22)23)28-16-14(13(9-20)26-28)17(29)25-18(24-16)27(3)4/h5-8,10,15H,9H2,1-4H3,(H,24,25,29)/t15-/m1/s1. The molecule has 0 aliphatic carbocycles. The summed E-state index contributed by atoms with van der Waals surface area (Å²) in [6.45, 7) is 2.77. The summed E-state index contributed by atoms with van der Waals surface area (Å²) in [7, 11) is 3.38. The maximum Gasteiger partial charge on any atom is 0.416 e. The molecule has 0 amide bonds. The van der Waals surface area contributed by atoms with Crippen LogP contribution in [0.4, 0.5) is 23.5 Å². The normalized spacial score (nSPS) is 13.3. The zero-order chi connectivity index (χ0) is 21.5. The Morgan fingerprint density at radius 1 is 1.17 bits per heavy atom. The van der Waals surface area contributed by atoms with E-state index in [0.29, 0.717) is 5.56 Å². The maximum absolute atomic E-state index is 13.6. The summed E-state index contributed by atoms with van der Waals surface area (Å²) < 4.78 is 53.7. The van der Waals surface area contributed by atoms with Gasteiger partial charge < -0.3 is 4.90 Å². The highest BCUT2D eigenvalue weighted by Crippen LogP contribution is 2.33. The molecule has 6 nitrogen and oxygen atoms in total. The van der Waals surface area contributed by atoms with E-state index in [4.69, 9.17) is 0 Å². The first-order valence-corrected chi connectivity index (χ1v) is 8.96. The Morgan fingerprint density at radius 2 is 1.79 bits per heavy atom. The smallest absolute Gasteiger partial charge is 0.348 e. The Labute approximate surface area is 164 Å². The first kappa shape index (κ1) is 20.8. The average molecular weight is 411 g/mol. The van der Waals surface area contributed by atoms with Gasteiger partial charge in [-0.1, -0.05) is 26.0 Å². The Morgan fingerprint density at radius 3 is 2.28 bits per heavy atom. The third kappa shape index (κ3) is 3.83. The topological polar surface area (TPSA) is 66.8 Å². The lowest BCUT2D eigenvalue weighted by Crippen LogP contribution is -2.22. The maximum atomic E-state index is 13.6. The fourth-order valence-corrected chi connectivity index (χ4v) is 3.28. The van der Waals surface area contributed by atoms with Gasteiger partial charge >= 0.3 is 6.18 Å². The van der Waals surface area contributed by atoms with E-state index in [9.17, 15) is 22.4 Å². The summed E-state index contributed by atoms with van der Waals surface area (Å²) in [4.78, 5) is 21.1. The summed E-state index contributed by atoms with van der Waals surface area (Å²) in [5.74, 6) is 0.148. The van der Waals surface area contributed by atoms with E-state index in [-0.39, 0.29) is 28.6 Å². The molecule has 1 N–H and O–H groups in total. The van der Waals surface area contributed by atoms with Gasteiger partial charge in [0.1, 0.15) is 17.8 Å². The number of hydrogen-bond donors (Lipinski definition) is 1. The molecule has 3 aromatic rings. The van der Waals surface area contributed by atoms with E-state index >= 15 is 0 Å². The number of nitrogens with one attached hydrogen (secondary N) is 1. The molecule has 0 bridgehead atoms. The van der Waals surface area contributed by atoms with Crippen molar-refractivity contribution < 1.29 is 17.6 Å². The molecule has 0 saturated heterocycles. The van der Waals surface area contributed by atoms with Gasteiger partial charge in [-0.05, 0) is 23.6 Å². The minimum atomic E-state index is -4.44. The summed E-state index contributed by atoms with van der Waals surface area (Å²) in [5.41, 5.74) is -0.605. The molecule has 0 spiro atoms. The second-order valence-electron chi connectivity index (χ2n) is 7.32. The van der Waals surface area contributed by atoms with Crippen molar-refractivity contribution in [1.29, 1.82) is 0 Å². The minimum Gasteiger partial charge on any atom is -0.348 e. The molecule has 156 valence electrons. The molecule has 3 rings (SSSR count). The highest BCUT2D eigenvalue weighted by atomic mass is 19.4. The number of aromatic amines is 1. The van der Waals surface area contributed by atoms with Crippen molar-refractivity contribution in [1.82, 2.24) is 19.7 Å². The van der Waals surface area contributed by atoms with Gasteiger partial charge in [0, 0.05) is 14.1 Å². The van der Waals surface area contributed by atoms with Crippen LogP contribution in [-0.4, -0.2) is 33.8 Å². The fourth-order valence-electron chi connectivity index (χ4n) is 3.28. The molecule has 0 fully saturated rings. The number of anilines is 1. The minimum absolute atomic E-state index is 0.0376. The number of nitrogens with zero attached hydrogens (tertiary/aromatic N) is 4. The molecule has 1 atom stereocenters. The Bertz CT molecular complexity index is 1070. The van der Waals surface area contributed by atoms with E-state index in [1.807, 2.05) is 13.8 Å². The molecule has 29 heavy (non-hydrogen) atoms. The molecule has 0 unspecified atom stereocenters.